The monoisotopic (exact) mass is 374 g/mol. The summed E-state index contributed by atoms with van der Waals surface area (Å²) in [6.07, 6.45) is 5.57. The first-order valence-electron chi connectivity index (χ1n) is 9.71. The van der Waals surface area contributed by atoms with E-state index in [1.54, 1.807) is 4.68 Å². The van der Waals surface area contributed by atoms with E-state index in [0.717, 1.165) is 48.0 Å². The van der Waals surface area contributed by atoms with Gasteiger partial charge in [0.1, 0.15) is 0 Å². The average Bonchev–Trinajstić information content (AvgIpc) is 2.95. The second-order valence-corrected chi connectivity index (χ2v) is 7.97. The van der Waals surface area contributed by atoms with Crippen LogP contribution in [-0.2, 0) is 11.8 Å². The van der Waals surface area contributed by atoms with Crippen LogP contribution in [0.5, 0.6) is 5.88 Å². The molecule has 7 heteroatoms. The van der Waals surface area contributed by atoms with Gasteiger partial charge in [0.15, 0.2) is 12.3 Å². The summed E-state index contributed by atoms with van der Waals surface area (Å²) in [5, 5.41) is 18.7. The van der Waals surface area contributed by atoms with Gasteiger partial charge in [0, 0.05) is 19.3 Å². The number of hydrogen-bond donors (Lipinski definition) is 2. The van der Waals surface area contributed by atoms with Gasteiger partial charge in [-0.05, 0) is 51.2 Å². The van der Waals surface area contributed by atoms with Crippen LogP contribution in [0.25, 0.3) is 11.0 Å². The predicted molar refractivity (Wildman–Crippen MR) is 104 cm³/mol. The molecule has 27 heavy (non-hydrogen) atoms. The van der Waals surface area contributed by atoms with Crippen molar-refractivity contribution < 1.29 is 14.6 Å². The lowest BCUT2D eigenvalue weighted by molar-refractivity contribution is -0.125. The molecule has 2 aromatic heterocycles. The number of aromatic nitrogens is 3. The van der Waals surface area contributed by atoms with Crippen molar-refractivity contribution >= 4 is 16.9 Å². The van der Waals surface area contributed by atoms with E-state index in [9.17, 15) is 9.90 Å². The predicted octanol–water partition coefficient (Wildman–Crippen LogP) is 2.41. The summed E-state index contributed by atoms with van der Waals surface area (Å²) in [6.45, 7) is 5.83. The number of nitrogens with zero attached hydrogens (tertiary/aromatic N) is 3. The van der Waals surface area contributed by atoms with Gasteiger partial charge < -0.3 is 15.2 Å². The molecule has 0 radical (unpaired) electrons. The minimum absolute atomic E-state index is 0.139. The molecule has 0 saturated heterocycles. The molecule has 1 amide bonds. The number of nitrogens with one attached hydrogen (secondary N) is 1. The lowest BCUT2D eigenvalue weighted by atomic mass is 9.78. The number of rotatable bonds is 6. The number of pyridine rings is 1. The van der Waals surface area contributed by atoms with E-state index in [-0.39, 0.29) is 25.0 Å². The first-order valence-corrected chi connectivity index (χ1v) is 9.71. The SMILES string of the molecule is Cc1cc(C)c2c(OCC(=O)NC[C@](C)(O)C3CCCCC3)nn(C)c2n1. The van der Waals surface area contributed by atoms with Gasteiger partial charge in [0.05, 0.1) is 11.0 Å². The maximum absolute atomic E-state index is 12.2. The summed E-state index contributed by atoms with van der Waals surface area (Å²) in [6, 6.07) is 1.97. The number of carbonyl (C=O) groups excluding carboxylic acids is 1. The smallest absolute Gasteiger partial charge is 0.258 e. The zero-order valence-corrected chi connectivity index (χ0v) is 16.7. The normalized spacial score (nSPS) is 17.7. The van der Waals surface area contributed by atoms with Gasteiger partial charge >= 0.3 is 0 Å². The zero-order chi connectivity index (χ0) is 19.6. The molecule has 0 spiro atoms. The largest absolute Gasteiger partial charge is 0.466 e. The zero-order valence-electron chi connectivity index (χ0n) is 16.7. The molecule has 1 atom stereocenters. The standard InChI is InChI=1S/C20H30N4O3/c1-13-10-14(2)22-18-17(13)19(23-24(18)4)27-11-16(25)21-12-20(3,26)15-8-6-5-7-9-15/h10,15,26H,5-9,11-12H2,1-4H3,(H,21,25)/t20-/m0/s1. The number of hydrogen-bond acceptors (Lipinski definition) is 5. The Hall–Kier alpha value is -2.15. The Bertz CT molecular complexity index is 822. The third-order valence-electron chi connectivity index (χ3n) is 5.55. The molecule has 2 aromatic rings. The number of carbonyl (C=O) groups is 1. The van der Waals surface area contributed by atoms with Crippen LogP contribution in [0.4, 0.5) is 0 Å². The van der Waals surface area contributed by atoms with E-state index in [2.05, 4.69) is 15.4 Å². The highest BCUT2D eigenvalue weighted by atomic mass is 16.5. The van der Waals surface area contributed by atoms with Crippen LogP contribution in [0.3, 0.4) is 0 Å². The van der Waals surface area contributed by atoms with Crippen molar-refractivity contribution in [2.75, 3.05) is 13.2 Å². The molecular formula is C20H30N4O3. The first kappa shape index (κ1) is 19.6. The van der Waals surface area contributed by atoms with Gasteiger partial charge in [-0.25, -0.2) is 9.67 Å². The van der Waals surface area contributed by atoms with E-state index in [1.165, 1.54) is 6.42 Å². The molecule has 0 aliphatic heterocycles. The summed E-state index contributed by atoms with van der Waals surface area (Å²) in [5.74, 6) is 0.387. The molecule has 1 saturated carbocycles. The second-order valence-electron chi connectivity index (χ2n) is 7.97. The van der Waals surface area contributed by atoms with Crippen LogP contribution in [0.1, 0.15) is 50.3 Å². The number of amides is 1. The highest BCUT2D eigenvalue weighted by molar-refractivity contribution is 5.85. The Morgan fingerprint density at radius 2 is 2.07 bits per heavy atom. The molecule has 1 aliphatic rings. The molecule has 0 bridgehead atoms. The van der Waals surface area contributed by atoms with Crippen molar-refractivity contribution in [1.82, 2.24) is 20.1 Å². The maximum atomic E-state index is 12.2. The highest BCUT2D eigenvalue weighted by Gasteiger charge is 2.33. The van der Waals surface area contributed by atoms with Gasteiger partial charge in [-0.3, -0.25) is 4.79 Å². The van der Waals surface area contributed by atoms with Crippen molar-refractivity contribution in [2.24, 2.45) is 13.0 Å². The summed E-state index contributed by atoms with van der Waals surface area (Å²) in [5.41, 5.74) is 1.79. The van der Waals surface area contributed by atoms with E-state index in [0.29, 0.717) is 5.88 Å². The lowest BCUT2D eigenvalue weighted by Gasteiger charge is -2.35. The minimum Gasteiger partial charge on any atom is -0.466 e. The van der Waals surface area contributed by atoms with Crippen LogP contribution in [0, 0.1) is 19.8 Å². The molecule has 3 rings (SSSR count). The summed E-state index contributed by atoms with van der Waals surface area (Å²) in [4.78, 5) is 16.7. The molecule has 0 unspecified atom stereocenters. The van der Waals surface area contributed by atoms with Crippen molar-refractivity contribution in [1.29, 1.82) is 0 Å². The fourth-order valence-corrected chi connectivity index (χ4v) is 3.98. The van der Waals surface area contributed by atoms with Crippen LogP contribution in [0.15, 0.2) is 6.07 Å². The molecule has 0 aromatic carbocycles. The first-order chi connectivity index (χ1) is 12.8. The van der Waals surface area contributed by atoms with Crippen molar-refractivity contribution in [3.63, 3.8) is 0 Å². The summed E-state index contributed by atoms with van der Waals surface area (Å²) in [7, 11) is 1.81. The number of fused-ring (bicyclic) bond motifs is 1. The topological polar surface area (TPSA) is 89.3 Å². The fraction of sp³-hybridized carbons (Fsp3) is 0.650. The van der Waals surface area contributed by atoms with Crippen molar-refractivity contribution in [3.8, 4) is 5.88 Å². The van der Waals surface area contributed by atoms with Gasteiger partial charge in [-0.15, -0.1) is 5.10 Å². The van der Waals surface area contributed by atoms with Crippen LogP contribution in [0.2, 0.25) is 0 Å². The highest BCUT2D eigenvalue weighted by Crippen LogP contribution is 2.32. The third-order valence-corrected chi connectivity index (χ3v) is 5.55. The van der Waals surface area contributed by atoms with Crippen LogP contribution >= 0.6 is 0 Å². The van der Waals surface area contributed by atoms with E-state index >= 15 is 0 Å². The van der Waals surface area contributed by atoms with Gasteiger partial charge in [0.2, 0.25) is 5.88 Å². The minimum atomic E-state index is -0.883. The summed E-state index contributed by atoms with van der Waals surface area (Å²) < 4.78 is 7.33. The lowest BCUT2D eigenvalue weighted by Crippen LogP contribution is -2.47. The Morgan fingerprint density at radius 3 is 2.78 bits per heavy atom. The number of aryl methyl sites for hydroxylation is 3. The molecule has 2 N–H and O–H groups in total. The van der Waals surface area contributed by atoms with E-state index in [1.807, 2.05) is 33.9 Å². The Balaban J connectivity index is 1.59. The average molecular weight is 374 g/mol. The molecule has 2 heterocycles. The van der Waals surface area contributed by atoms with Gasteiger partial charge in [0.25, 0.3) is 5.91 Å². The summed E-state index contributed by atoms with van der Waals surface area (Å²) >= 11 is 0. The quantitative estimate of drug-likeness (QED) is 0.810. The molecule has 1 aliphatic carbocycles. The molecule has 148 valence electrons. The van der Waals surface area contributed by atoms with Crippen LogP contribution in [-0.4, -0.2) is 44.5 Å². The van der Waals surface area contributed by atoms with E-state index < -0.39 is 5.60 Å². The van der Waals surface area contributed by atoms with E-state index in [4.69, 9.17) is 4.74 Å². The second kappa shape index (κ2) is 7.84. The Morgan fingerprint density at radius 1 is 1.37 bits per heavy atom. The van der Waals surface area contributed by atoms with Crippen LogP contribution < -0.4 is 10.1 Å². The Kier molecular flexibility index (Phi) is 5.69. The molecular weight excluding hydrogens is 344 g/mol. The van der Waals surface area contributed by atoms with Crippen molar-refractivity contribution in [2.45, 2.75) is 58.5 Å². The molecule has 7 nitrogen and oxygen atoms in total. The number of aliphatic hydroxyl groups is 1. The molecule has 1 fully saturated rings. The Labute approximate surface area is 160 Å². The fourth-order valence-electron chi connectivity index (χ4n) is 3.98. The van der Waals surface area contributed by atoms with Crippen molar-refractivity contribution in [3.05, 3.63) is 17.3 Å². The maximum Gasteiger partial charge on any atom is 0.258 e. The van der Waals surface area contributed by atoms with Gasteiger partial charge in [-0.1, -0.05) is 19.3 Å². The van der Waals surface area contributed by atoms with Gasteiger partial charge in [-0.2, -0.15) is 0 Å². The third kappa shape index (κ3) is 4.40. The number of ether oxygens (including phenoxy) is 1.